The van der Waals surface area contributed by atoms with E-state index in [2.05, 4.69) is 11.8 Å². The molecular weight excluding hydrogens is 362 g/mol. The number of para-hydroxylation sites is 1. The molecule has 0 bridgehead atoms. The number of carbonyl (C=O) groups excluding carboxylic acids is 2. The van der Waals surface area contributed by atoms with Gasteiger partial charge in [0.25, 0.3) is 5.69 Å². The Morgan fingerprint density at radius 3 is 2.14 bits per heavy atom. The number of carbonyl (C=O) groups is 2. The van der Waals surface area contributed by atoms with Gasteiger partial charge in [0.05, 0.1) is 19.1 Å². The van der Waals surface area contributed by atoms with Crippen molar-refractivity contribution in [2.75, 3.05) is 14.2 Å². The predicted octanol–water partition coefficient (Wildman–Crippen LogP) is 2.81. The molecule has 0 heterocycles. The van der Waals surface area contributed by atoms with Crippen molar-refractivity contribution in [2.24, 2.45) is 5.41 Å². The highest BCUT2D eigenvalue weighted by molar-refractivity contribution is 6.05. The van der Waals surface area contributed by atoms with Crippen LogP contribution in [0.2, 0.25) is 0 Å². The third-order valence-electron chi connectivity index (χ3n) is 4.83. The fraction of sp³-hybridized carbons (Fsp3) is 0.238. The Labute approximate surface area is 161 Å². The second kappa shape index (κ2) is 7.53. The van der Waals surface area contributed by atoms with Gasteiger partial charge in [0.15, 0.2) is 5.41 Å². The maximum Gasteiger partial charge on any atom is 0.323 e. The summed E-state index contributed by atoms with van der Waals surface area (Å²) in [6, 6.07) is 13.3. The number of ether oxygens (including phenoxy) is 2. The maximum atomic E-state index is 12.3. The van der Waals surface area contributed by atoms with Gasteiger partial charge in [-0.25, -0.2) is 0 Å². The molecule has 0 N–H and O–H groups in total. The summed E-state index contributed by atoms with van der Waals surface area (Å²) in [7, 11) is 2.45. The Bertz CT molecular complexity index is 1000. The molecule has 1 aliphatic carbocycles. The minimum Gasteiger partial charge on any atom is -0.468 e. The zero-order valence-electron chi connectivity index (χ0n) is 15.3. The van der Waals surface area contributed by atoms with E-state index in [0.717, 1.165) is 0 Å². The summed E-state index contributed by atoms with van der Waals surface area (Å²) in [6.07, 6.45) is 0.260. The summed E-state index contributed by atoms with van der Waals surface area (Å²) in [5, 5.41) is 11.2. The molecule has 1 fully saturated rings. The molecule has 0 aromatic heterocycles. The summed E-state index contributed by atoms with van der Waals surface area (Å²) in [5.74, 6) is 4.04. The highest BCUT2D eigenvalue weighted by atomic mass is 16.6. The lowest BCUT2D eigenvalue weighted by Crippen LogP contribution is -2.30. The number of nitro benzene ring substituents is 1. The summed E-state index contributed by atoms with van der Waals surface area (Å²) >= 11 is 0. The molecule has 7 heteroatoms. The second-order valence-corrected chi connectivity index (χ2v) is 6.32. The smallest absolute Gasteiger partial charge is 0.323 e. The Morgan fingerprint density at radius 2 is 1.54 bits per heavy atom. The molecule has 0 spiro atoms. The van der Waals surface area contributed by atoms with E-state index in [4.69, 9.17) is 9.47 Å². The van der Waals surface area contributed by atoms with Crippen LogP contribution in [0.5, 0.6) is 0 Å². The first-order valence-electron chi connectivity index (χ1n) is 8.47. The molecule has 0 amide bonds. The largest absolute Gasteiger partial charge is 0.468 e. The highest BCUT2D eigenvalue weighted by Gasteiger charge is 2.68. The van der Waals surface area contributed by atoms with Gasteiger partial charge < -0.3 is 9.47 Å². The summed E-state index contributed by atoms with van der Waals surface area (Å²) < 4.78 is 9.63. The molecule has 0 radical (unpaired) electrons. The molecule has 2 aromatic rings. The topological polar surface area (TPSA) is 95.7 Å². The minimum atomic E-state index is -1.37. The first kappa shape index (κ1) is 19.1. The lowest BCUT2D eigenvalue weighted by Gasteiger charge is -2.13. The Kier molecular flexibility index (Phi) is 5.14. The highest BCUT2D eigenvalue weighted by Crippen LogP contribution is 2.61. The molecule has 1 unspecified atom stereocenters. The molecule has 0 aliphatic heterocycles. The third kappa shape index (κ3) is 3.21. The number of methoxy groups -OCH3 is 2. The van der Waals surface area contributed by atoms with Gasteiger partial charge in [0.1, 0.15) is 5.56 Å². The van der Waals surface area contributed by atoms with Crippen LogP contribution in [-0.4, -0.2) is 31.1 Å². The van der Waals surface area contributed by atoms with Crippen molar-refractivity contribution in [3.63, 3.8) is 0 Å². The van der Waals surface area contributed by atoms with Crippen molar-refractivity contribution in [3.8, 4) is 11.8 Å². The molecule has 3 rings (SSSR count). The number of hydrogen-bond donors (Lipinski definition) is 0. The number of hydrogen-bond acceptors (Lipinski definition) is 6. The van der Waals surface area contributed by atoms with Gasteiger partial charge in [-0.3, -0.25) is 19.7 Å². The first-order valence-corrected chi connectivity index (χ1v) is 8.47. The van der Waals surface area contributed by atoms with Crippen LogP contribution in [-0.2, 0) is 19.1 Å². The fourth-order valence-corrected chi connectivity index (χ4v) is 3.33. The zero-order valence-corrected chi connectivity index (χ0v) is 15.3. The number of nitrogens with zero attached hydrogens (tertiary/aromatic N) is 1. The van der Waals surface area contributed by atoms with Crippen LogP contribution in [0.3, 0.4) is 0 Å². The molecule has 2 aromatic carbocycles. The van der Waals surface area contributed by atoms with Crippen LogP contribution < -0.4 is 0 Å². The molecule has 1 atom stereocenters. The van der Waals surface area contributed by atoms with E-state index in [0.29, 0.717) is 11.1 Å². The van der Waals surface area contributed by atoms with Crippen LogP contribution >= 0.6 is 0 Å². The van der Waals surface area contributed by atoms with Gasteiger partial charge >= 0.3 is 11.9 Å². The zero-order chi connectivity index (χ0) is 20.3. The summed E-state index contributed by atoms with van der Waals surface area (Å²) in [5.41, 5.74) is 0.104. The van der Waals surface area contributed by atoms with E-state index in [1.54, 1.807) is 42.5 Å². The molecule has 1 aliphatic rings. The normalized spacial score (nSPS) is 16.3. The number of nitro groups is 1. The van der Waals surface area contributed by atoms with E-state index in [9.17, 15) is 19.7 Å². The van der Waals surface area contributed by atoms with Crippen molar-refractivity contribution < 1.29 is 24.0 Å². The average molecular weight is 379 g/mol. The van der Waals surface area contributed by atoms with E-state index < -0.39 is 28.2 Å². The van der Waals surface area contributed by atoms with Crippen LogP contribution in [0.4, 0.5) is 5.69 Å². The van der Waals surface area contributed by atoms with Gasteiger partial charge in [-0.1, -0.05) is 42.2 Å². The quantitative estimate of drug-likeness (QED) is 0.266. The van der Waals surface area contributed by atoms with Gasteiger partial charge in [-0.2, -0.15) is 0 Å². The van der Waals surface area contributed by atoms with Crippen molar-refractivity contribution in [1.29, 1.82) is 0 Å². The fourth-order valence-electron chi connectivity index (χ4n) is 3.33. The SMILES string of the molecule is COC(=O)C1(C(=O)OC)CC1c1ccccc1C#Cc1ccccc1[N+](=O)[O-]. The van der Waals surface area contributed by atoms with Crippen LogP contribution in [0.1, 0.15) is 29.0 Å². The molecular formula is C21H17NO6. The number of benzene rings is 2. The van der Waals surface area contributed by atoms with Gasteiger partial charge in [-0.05, 0) is 24.1 Å². The van der Waals surface area contributed by atoms with E-state index in [1.165, 1.54) is 20.3 Å². The van der Waals surface area contributed by atoms with Crippen LogP contribution in [0.15, 0.2) is 48.5 Å². The van der Waals surface area contributed by atoms with Crippen molar-refractivity contribution in [2.45, 2.75) is 12.3 Å². The Balaban J connectivity index is 2.00. The molecule has 0 saturated heterocycles. The monoisotopic (exact) mass is 379 g/mol. The van der Waals surface area contributed by atoms with E-state index in [-0.39, 0.29) is 17.7 Å². The van der Waals surface area contributed by atoms with Crippen molar-refractivity contribution >= 4 is 17.6 Å². The van der Waals surface area contributed by atoms with Gasteiger partial charge in [0.2, 0.25) is 0 Å². The van der Waals surface area contributed by atoms with E-state index >= 15 is 0 Å². The van der Waals surface area contributed by atoms with Crippen LogP contribution in [0.25, 0.3) is 0 Å². The molecule has 142 valence electrons. The Morgan fingerprint density at radius 1 is 1.00 bits per heavy atom. The summed E-state index contributed by atoms with van der Waals surface area (Å²) in [6.45, 7) is 0. The van der Waals surface area contributed by atoms with E-state index in [1.807, 2.05) is 0 Å². The predicted molar refractivity (Wildman–Crippen MR) is 99.3 cm³/mol. The first-order chi connectivity index (χ1) is 13.5. The lowest BCUT2D eigenvalue weighted by molar-refractivity contribution is -0.385. The maximum absolute atomic E-state index is 12.3. The number of rotatable bonds is 4. The number of esters is 2. The Hall–Kier alpha value is -3.66. The minimum absolute atomic E-state index is 0.0858. The van der Waals surface area contributed by atoms with Gasteiger partial charge in [0, 0.05) is 17.5 Å². The summed E-state index contributed by atoms with van der Waals surface area (Å²) in [4.78, 5) is 35.2. The van der Waals surface area contributed by atoms with Crippen LogP contribution in [0, 0.1) is 27.4 Å². The second-order valence-electron chi connectivity index (χ2n) is 6.32. The third-order valence-corrected chi connectivity index (χ3v) is 4.83. The molecule has 28 heavy (non-hydrogen) atoms. The molecule has 1 saturated carbocycles. The lowest BCUT2D eigenvalue weighted by atomic mass is 9.95. The molecule has 7 nitrogen and oxygen atoms in total. The standard InChI is InChI=1S/C21H17NO6/c1-27-19(23)21(20(24)28-2)13-17(21)16-9-5-3-7-14(16)11-12-15-8-4-6-10-18(15)22(25)26/h3-10,17H,13H2,1-2H3. The van der Waals surface area contributed by atoms with Crippen molar-refractivity contribution in [1.82, 2.24) is 0 Å². The van der Waals surface area contributed by atoms with Gasteiger partial charge in [-0.15, -0.1) is 0 Å². The van der Waals surface area contributed by atoms with Crippen molar-refractivity contribution in [3.05, 3.63) is 75.3 Å². The average Bonchev–Trinajstić information content (AvgIpc) is 3.48.